The van der Waals surface area contributed by atoms with Gasteiger partial charge in [-0.15, -0.1) is 5.10 Å². The smallest absolute Gasteiger partial charge is 0.230 e. The van der Waals surface area contributed by atoms with Gasteiger partial charge in [-0.3, -0.25) is 4.79 Å². The van der Waals surface area contributed by atoms with Gasteiger partial charge in [0.15, 0.2) is 11.5 Å². The predicted molar refractivity (Wildman–Crippen MR) is 117 cm³/mol. The summed E-state index contributed by atoms with van der Waals surface area (Å²) in [7, 11) is 4.65. The number of rotatable bonds is 9. The Morgan fingerprint density at radius 2 is 1.77 bits per heavy atom. The van der Waals surface area contributed by atoms with Gasteiger partial charge in [0, 0.05) is 6.54 Å². The van der Waals surface area contributed by atoms with Crippen molar-refractivity contribution in [3.05, 3.63) is 47.0 Å². The minimum Gasteiger partial charge on any atom is -0.493 e. The van der Waals surface area contributed by atoms with Crippen LogP contribution in [0.3, 0.4) is 0 Å². The highest BCUT2D eigenvalue weighted by atomic mass is 32.2. The quantitative estimate of drug-likeness (QED) is 0.504. The number of methoxy groups -OCH3 is 3. The van der Waals surface area contributed by atoms with Crippen LogP contribution in [-0.2, 0) is 11.3 Å². The largest absolute Gasteiger partial charge is 0.493 e. The molecule has 0 fully saturated rings. The number of thioether (sulfide) groups is 1. The first-order valence-electron chi connectivity index (χ1n) is 9.51. The first-order chi connectivity index (χ1) is 15.0. The molecule has 0 spiro atoms. The molecule has 31 heavy (non-hydrogen) atoms. The number of carbonyl (C=O) groups excluding carboxylic acids is 1. The van der Waals surface area contributed by atoms with Gasteiger partial charge in [-0.05, 0) is 53.6 Å². The molecular formula is C21H25N5O4S. The number of hydrogen-bond acceptors (Lipinski definition) is 8. The molecule has 0 aliphatic rings. The van der Waals surface area contributed by atoms with Gasteiger partial charge in [0.05, 0.1) is 32.8 Å². The van der Waals surface area contributed by atoms with Crippen molar-refractivity contribution in [3.8, 4) is 22.9 Å². The molecule has 1 N–H and O–H groups in total. The van der Waals surface area contributed by atoms with Crippen molar-refractivity contribution in [1.29, 1.82) is 0 Å². The second-order valence-electron chi connectivity index (χ2n) is 6.76. The zero-order chi connectivity index (χ0) is 22.4. The second kappa shape index (κ2) is 10.2. The Hall–Kier alpha value is -3.27. The number of amides is 1. The summed E-state index contributed by atoms with van der Waals surface area (Å²) in [5.41, 5.74) is 3.93. The number of ether oxygens (including phenoxy) is 3. The Morgan fingerprint density at radius 3 is 2.39 bits per heavy atom. The molecule has 1 heterocycles. The van der Waals surface area contributed by atoms with Crippen molar-refractivity contribution in [3.63, 3.8) is 0 Å². The fourth-order valence-corrected chi connectivity index (χ4v) is 3.80. The van der Waals surface area contributed by atoms with Crippen LogP contribution < -0.4 is 19.5 Å². The van der Waals surface area contributed by atoms with E-state index in [0.29, 0.717) is 28.9 Å². The van der Waals surface area contributed by atoms with E-state index in [1.807, 2.05) is 26.0 Å². The molecule has 10 heteroatoms. The predicted octanol–water partition coefficient (Wildman–Crippen LogP) is 2.71. The summed E-state index contributed by atoms with van der Waals surface area (Å²) in [4.78, 5) is 12.4. The summed E-state index contributed by atoms with van der Waals surface area (Å²) >= 11 is 1.27. The van der Waals surface area contributed by atoms with E-state index in [1.165, 1.54) is 11.8 Å². The van der Waals surface area contributed by atoms with Gasteiger partial charge >= 0.3 is 0 Å². The Kier molecular flexibility index (Phi) is 7.35. The van der Waals surface area contributed by atoms with E-state index in [-0.39, 0.29) is 11.7 Å². The normalized spacial score (nSPS) is 10.6. The second-order valence-corrected chi connectivity index (χ2v) is 7.70. The Balaban J connectivity index is 1.63. The van der Waals surface area contributed by atoms with Gasteiger partial charge in [0.2, 0.25) is 16.8 Å². The van der Waals surface area contributed by atoms with Crippen LogP contribution in [0.5, 0.6) is 17.2 Å². The van der Waals surface area contributed by atoms with E-state index < -0.39 is 0 Å². The molecule has 0 aliphatic heterocycles. The lowest BCUT2D eigenvalue weighted by molar-refractivity contribution is -0.118. The van der Waals surface area contributed by atoms with Crippen LogP contribution in [0.1, 0.15) is 16.7 Å². The van der Waals surface area contributed by atoms with Gasteiger partial charge in [-0.1, -0.05) is 29.5 Å². The first-order valence-corrected chi connectivity index (χ1v) is 10.5. The number of aryl methyl sites for hydroxylation is 2. The van der Waals surface area contributed by atoms with Crippen molar-refractivity contribution < 1.29 is 19.0 Å². The molecule has 0 radical (unpaired) electrons. The Morgan fingerprint density at radius 1 is 1.06 bits per heavy atom. The molecule has 1 amide bonds. The summed E-state index contributed by atoms with van der Waals surface area (Å²) in [6.07, 6.45) is 0. The molecule has 0 aliphatic carbocycles. The molecule has 0 saturated carbocycles. The molecular weight excluding hydrogens is 418 g/mol. The first kappa shape index (κ1) is 22.4. The van der Waals surface area contributed by atoms with Crippen molar-refractivity contribution in [2.24, 2.45) is 0 Å². The van der Waals surface area contributed by atoms with Crippen LogP contribution in [0.15, 0.2) is 35.5 Å². The maximum Gasteiger partial charge on any atom is 0.230 e. The third kappa shape index (κ3) is 5.26. The summed E-state index contributed by atoms with van der Waals surface area (Å²) in [5, 5.41) is 15.3. The molecule has 3 aromatic rings. The number of nitrogens with zero attached hydrogens (tertiary/aromatic N) is 4. The number of aromatic nitrogens is 4. The van der Waals surface area contributed by atoms with Gasteiger partial charge in [-0.2, -0.15) is 4.68 Å². The molecule has 0 saturated heterocycles. The van der Waals surface area contributed by atoms with Crippen LogP contribution in [0.25, 0.3) is 5.69 Å². The van der Waals surface area contributed by atoms with E-state index in [9.17, 15) is 4.79 Å². The number of nitrogens with one attached hydrogen (secondary N) is 1. The summed E-state index contributed by atoms with van der Waals surface area (Å²) in [6, 6.07) is 9.64. The standard InChI is InChI=1S/C21H25N5O4S/c1-13-6-7-16(14(2)8-13)26-21(23-24-25-26)31-12-19(27)22-11-15-9-17(28-3)20(30-5)18(10-15)29-4/h6-10H,11-12H2,1-5H3,(H,22,27). The lowest BCUT2D eigenvalue weighted by atomic mass is 10.1. The van der Waals surface area contributed by atoms with E-state index in [1.54, 1.807) is 38.1 Å². The maximum absolute atomic E-state index is 12.4. The van der Waals surface area contributed by atoms with E-state index >= 15 is 0 Å². The van der Waals surface area contributed by atoms with Gasteiger partial charge in [0.25, 0.3) is 0 Å². The molecule has 0 atom stereocenters. The SMILES string of the molecule is COc1cc(CNC(=O)CSc2nnnn2-c2ccc(C)cc2C)cc(OC)c1OC. The minimum atomic E-state index is -0.145. The number of benzene rings is 2. The molecule has 2 aromatic carbocycles. The summed E-state index contributed by atoms with van der Waals surface area (Å²) in [5.74, 6) is 1.61. The molecule has 0 bridgehead atoms. The fourth-order valence-electron chi connectivity index (χ4n) is 3.08. The zero-order valence-corrected chi connectivity index (χ0v) is 18.9. The van der Waals surface area contributed by atoms with Gasteiger partial charge < -0.3 is 19.5 Å². The van der Waals surface area contributed by atoms with Crippen LogP contribution in [0.4, 0.5) is 0 Å². The summed E-state index contributed by atoms with van der Waals surface area (Å²) < 4.78 is 17.7. The molecule has 164 valence electrons. The van der Waals surface area contributed by atoms with Crippen molar-refractivity contribution in [2.75, 3.05) is 27.1 Å². The van der Waals surface area contributed by atoms with Crippen LogP contribution in [0, 0.1) is 13.8 Å². The van der Waals surface area contributed by atoms with E-state index in [0.717, 1.165) is 22.4 Å². The molecule has 0 unspecified atom stereocenters. The number of hydrogen-bond donors (Lipinski definition) is 1. The van der Waals surface area contributed by atoms with Crippen LogP contribution in [0.2, 0.25) is 0 Å². The zero-order valence-electron chi connectivity index (χ0n) is 18.1. The number of carbonyl (C=O) groups is 1. The average Bonchev–Trinajstić information content (AvgIpc) is 3.23. The monoisotopic (exact) mass is 443 g/mol. The van der Waals surface area contributed by atoms with Gasteiger partial charge in [-0.25, -0.2) is 0 Å². The van der Waals surface area contributed by atoms with Crippen LogP contribution in [-0.4, -0.2) is 53.2 Å². The highest BCUT2D eigenvalue weighted by molar-refractivity contribution is 7.99. The fraction of sp³-hybridized carbons (Fsp3) is 0.333. The average molecular weight is 444 g/mol. The summed E-state index contributed by atoms with van der Waals surface area (Å²) in [6.45, 7) is 4.35. The topological polar surface area (TPSA) is 100 Å². The maximum atomic E-state index is 12.4. The minimum absolute atomic E-state index is 0.145. The van der Waals surface area contributed by atoms with Crippen molar-refractivity contribution in [1.82, 2.24) is 25.5 Å². The highest BCUT2D eigenvalue weighted by Crippen LogP contribution is 2.38. The van der Waals surface area contributed by atoms with Crippen molar-refractivity contribution in [2.45, 2.75) is 25.5 Å². The highest BCUT2D eigenvalue weighted by Gasteiger charge is 2.15. The molecule has 1 aromatic heterocycles. The lowest BCUT2D eigenvalue weighted by Gasteiger charge is -2.14. The molecule has 9 nitrogen and oxygen atoms in total. The Labute approximate surface area is 185 Å². The Bertz CT molecular complexity index is 1040. The van der Waals surface area contributed by atoms with E-state index in [2.05, 4.69) is 26.9 Å². The lowest BCUT2D eigenvalue weighted by Crippen LogP contribution is -2.24. The number of tetrazole rings is 1. The third-order valence-corrected chi connectivity index (χ3v) is 5.49. The van der Waals surface area contributed by atoms with E-state index in [4.69, 9.17) is 14.2 Å². The third-order valence-electron chi connectivity index (χ3n) is 4.57. The molecule has 3 rings (SSSR count). The van der Waals surface area contributed by atoms with Crippen LogP contribution >= 0.6 is 11.8 Å². The van der Waals surface area contributed by atoms with Gasteiger partial charge in [0.1, 0.15) is 0 Å². The van der Waals surface area contributed by atoms with Crippen molar-refractivity contribution >= 4 is 17.7 Å².